The monoisotopic (exact) mass is 269 g/mol. The van der Waals surface area contributed by atoms with E-state index in [9.17, 15) is 4.79 Å². The van der Waals surface area contributed by atoms with Gasteiger partial charge in [-0.25, -0.2) is 0 Å². The van der Waals surface area contributed by atoms with Crippen LogP contribution in [0.2, 0.25) is 0 Å². The van der Waals surface area contributed by atoms with Crippen molar-refractivity contribution in [3.05, 3.63) is 5.73 Å². The van der Waals surface area contributed by atoms with Crippen LogP contribution in [-0.2, 0) is 4.79 Å². The van der Waals surface area contributed by atoms with E-state index >= 15 is 0 Å². The Kier molecular flexibility index (Phi) is 9.09. The van der Waals surface area contributed by atoms with Gasteiger partial charge in [0.15, 0.2) is 0 Å². The number of carbonyl (C=O) groups is 1. The summed E-state index contributed by atoms with van der Waals surface area (Å²) in [4.78, 5) is 10.0. The normalized spacial score (nSPS) is 12.4. The fourth-order valence-corrected chi connectivity index (χ4v) is 0.572. The predicted molar refractivity (Wildman–Crippen MR) is 42.1 cm³/mol. The van der Waals surface area contributed by atoms with E-state index in [0.717, 1.165) is 0 Å². The van der Waals surface area contributed by atoms with Gasteiger partial charge < -0.3 is 12.3 Å². The van der Waals surface area contributed by atoms with Gasteiger partial charge in [-0.3, -0.25) is 4.79 Å². The summed E-state index contributed by atoms with van der Waals surface area (Å²) in [5.74, 6) is -0.729. The quantitative estimate of drug-likeness (QED) is 0.784. The van der Waals surface area contributed by atoms with Gasteiger partial charge in [0.05, 0.1) is 0 Å². The maximum absolute atomic E-state index is 10.0. The van der Waals surface area contributed by atoms with E-state index in [-0.39, 0.29) is 50.3 Å². The molecule has 0 aromatic heterocycles. The Labute approximate surface area is 103 Å². The van der Waals surface area contributed by atoms with Crippen LogP contribution in [0.5, 0.6) is 0 Å². The van der Waals surface area contributed by atoms with Crippen molar-refractivity contribution in [2.24, 2.45) is 5.92 Å². The zero-order chi connectivity index (χ0) is 7.44. The van der Waals surface area contributed by atoms with Crippen LogP contribution >= 0.6 is 0 Å². The van der Waals surface area contributed by atoms with Crippen LogP contribution in [0.15, 0.2) is 0 Å². The number of hydrogen-bond acceptors (Lipinski definition) is 1. The molecule has 0 aromatic rings. The van der Waals surface area contributed by atoms with Crippen LogP contribution in [-0.4, -0.2) is 66.0 Å². The molecule has 0 bridgehead atoms. The maximum Gasteiger partial charge on any atom is 2.00 e. The molecule has 1 atom stereocenters. The first kappa shape index (κ1) is 13.6. The molecule has 3 nitrogen and oxygen atoms in total. The van der Waals surface area contributed by atoms with Gasteiger partial charge >= 0.3 is 48.9 Å². The summed E-state index contributed by atoms with van der Waals surface area (Å²) in [6.45, 7) is 3.81. The zero-order valence-corrected chi connectivity index (χ0v) is 10.9. The SMILES string of the molecule is CC(C)C[C@H]([NH-])C(=O)O.[Ba+2].[H-]. The molecule has 0 spiro atoms. The van der Waals surface area contributed by atoms with Crippen molar-refractivity contribution >= 4 is 54.9 Å². The van der Waals surface area contributed by atoms with Crippen LogP contribution in [0.1, 0.15) is 21.7 Å². The Morgan fingerprint density at radius 3 is 2.20 bits per heavy atom. The first-order valence-corrected chi connectivity index (χ1v) is 2.98. The van der Waals surface area contributed by atoms with Crippen LogP contribution in [0.4, 0.5) is 0 Å². The van der Waals surface area contributed by atoms with Crippen molar-refractivity contribution in [1.82, 2.24) is 0 Å². The summed E-state index contributed by atoms with van der Waals surface area (Å²) in [5.41, 5.74) is 6.96. The van der Waals surface area contributed by atoms with Crippen LogP contribution in [0.3, 0.4) is 0 Å². The molecule has 0 fully saturated rings. The van der Waals surface area contributed by atoms with E-state index < -0.39 is 12.0 Å². The molecular formula is C6H13BaNO2. The van der Waals surface area contributed by atoms with Gasteiger partial charge in [-0.05, 0) is 12.0 Å². The molecule has 0 saturated heterocycles. The Hall–Kier alpha value is 1.00. The number of aliphatic carboxylic acids is 1. The standard InChI is InChI=1S/C6H12NO2.Ba.H/c1-4(2)3-5(7)6(8)9;;/h4-5,7H,3H2,1-2H3,(H,8,9);;/q-1;+2;-1/t5-;;/m0../s1. The molecule has 0 aliphatic carbocycles. The molecule has 0 heterocycles. The Balaban J connectivity index is -0.000000320. The molecule has 0 rings (SSSR count). The summed E-state index contributed by atoms with van der Waals surface area (Å²) in [6, 6.07) is -0.940. The minimum Gasteiger partial charge on any atom is -1.00 e. The molecule has 0 radical (unpaired) electrons. The predicted octanol–water partition coefficient (Wildman–Crippen LogP) is 1.27. The molecule has 0 saturated carbocycles. The second kappa shape index (κ2) is 6.70. The third-order valence-corrected chi connectivity index (χ3v) is 1.01. The topological polar surface area (TPSA) is 61.1 Å². The molecule has 0 aliphatic heterocycles. The number of hydrogen-bond donors (Lipinski definition) is 1. The Morgan fingerprint density at radius 1 is 1.70 bits per heavy atom. The average molecular weight is 269 g/mol. The second-order valence-electron chi connectivity index (χ2n) is 2.52. The van der Waals surface area contributed by atoms with Gasteiger partial charge in [0.25, 0.3) is 5.97 Å². The summed E-state index contributed by atoms with van der Waals surface area (Å²) in [5, 5.41) is 8.24. The smallest absolute Gasteiger partial charge is 1.00 e. The molecule has 0 unspecified atom stereocenters. The third-order valence-electron chi connectivity index (χ3n) is 1.01. The first-order chi connectivity index (χ1) is 4.04. The van der Waals surface area contributed by atoms with E-state index in [0.29, 0.717) is 12.3 Å². The van der Waals surface area contributed by atoms with Crippen molar-refractivity contribution in [1.29, 1.82) is 0 Å². The van der Waals surface area contributed by atoms with E-state index in [1.807, 2.05) is 13.8 Å². The molecule has 0 aliphatic rings. The third kappa shape index (κ3) is 7.11. The average Bonchev–Trinajstić information content (AvgIpc) is 1.63. The van der Waals surface area contributed by atoms with E-state index in [1.165, 1.54) is 0 Å². The first-order valence-electron chi connectivity index (χ1n) is 2.98. The van der Waals surface area contributed by atoms with Crippen molar-refractivity contribution in [2.45, 2.75) is 26.3 Å². The maximum atomic E-state index is 10.0. The Morgan fingerprint density at radius 2 is 2.10 bits per heavy atom. The molecule has 10 heavy (non-hydrogen) atoms. The van der Waals surface area contributed by atoms with Gasteiger partial charge in [0.2, 0.25) is 0 Å². The minimum atomic E-state index is -1.02. The molecule has 0 amide bonds. The number of carboxylic acid groups (broad SMARTS) is 1. The zero-order valence-electron chi connectivity index (χ0n) is 7.42. The summed E-state index contributed by atoms with van der Waals surface area (Å²) in [6.07, 6.45) is 0.440. The van der Waals surface area contributed by atoms with Gasteiger partial charge in [-0.1, -0.05) is 20.3 Å². The van der Waals surface area contributed by atoms with Crippen LogP contribution in [0, 0.1) is 5.92 Å². The summed E-state index contributed by atoms with van der Waals surface area (Å²) in [7, 11) is 0. The van der Waals surface area contributed by atoms with Gasteiger partial charge in [0.1, 0.15) is 0 Å². The fourth-order valence-electron chi connectivity index (χ4n) is 0.572. The summed E-state index contributed by atoms with van der Waals surface area (Å²) >= 11 is 0. The number of rotatable bonds is 3. The number of nitrogens with one attached hydrogen (secondary N) is 1. The molecule has 2 N–H and O–H groups in total. The molecule has 4 heteroatoms. The van der Waals surface area contributed by atoms with Crippen molar-refractivity contribution in [2.75, 3.05) is 0 Å². The fraction of sp³-hybridized carbons (Fsp3) is 0.833. The second-order valence-corrected chi connectivity index (χ2v) is 2.52. The Bertz CT molecular complexity index is 111. The minimum absolute atomic E-state index is 0. The van der Waals surface area contributed by atoms with Gasteiger partial charge in [-0.15, -0.1) is 0 Å². The van der Waals surface area contributed by atoms with Crippen molar-refractivity contribution in [3.8, 4) is 0 Å². The number of carboxylic acids is 1. The largest absolute Gasteiger partial charge is 2.00 e. The molecule has 56 valence electrons. The van der Waals surface area contributed by atoms with E-state index in [1.54, 1.807) is 0 Å². The van der Waals surface area contributed by atoms with E-state index in [2.05, 4.69) is 0 Å². The van der Waals surface area contributed by atoms with E-state index in [4.69, 9.17) is 10.8 Å². The van der Waals surface area contributed by atoms with Crippen LogP contribution < -0.4 is 0 Å². The summed E-state index contributed by atoms with van der Waals surface area (Å²) < 4.78 is 0. The molecule has 0 aromatic carbocycles. The molecular weight excluding hydrogens is 255 g/mol. The van der Waals surface area contributed by atoms with Gasteiger partial charge in [0, 0.05) is 0 Å². The van der Waals surface area contributed by atoms with Gasteiger partial charge in [-0.2, -0.15) is 0 Å². The van der Waals surface area contributed by atoms with Crippen molar-refractivity contribution < 1.29 is 11.3 Å². The van der Waals surface area contributed by atoms with Crippen molar-refractivity contribution in [3.63, 3.8) is 0 Å². The van der Waals surface area contributed by atoms with Crippen LogP contribution in [0.25, 0.3) is 5.73 Å².